The molecule has 38 heavy (non-hydrogen) atoms. The molecule has 2 aromatic carbocycles. The summed E-state index contributed by atoms with van der Waals surface area (Å²) >= 11 is 0. The molecule has 0 bridgehead atoms. The van der Waals surface area contributed by atoms with Crippen LogP contribution in [0.1, 0.15) is 50.2 Å². The predicted molar refractivity (Wildman–Crippen MR) is 149 cm³/mol. The first-order chi connectivity index (χ1) is 18.4. The molecule has 4 N–H and O–H groups in total. The van der Waals surface area contributed by atoms with Crippen molar-refractivity contribution in [3.05, 3.63) is 65.7 Å². The Labute approximate surface area is 225 Å². The Bertz CT molecular complexity index is 1060. The summed E-state index contributed by atoms with van der Waals surface area (Å²) in [5.41, 5.74) is 9.04. The van der Waals surface area contributed by atoms with E-state index in [0.29, 0.717) is 31.6 Å². The lowest BCUT2D eigenvalue weighted by Crippen LogP contribution is -2.55. The molecule has 8 heteroatoms. The third-order valence-electron chi connectivity index (χ3n) is 7.76. The first-order valence-corrected chi connectivity index (χ1v) is 13.9. The largest absolute Gasteiger partial charge is 0.344 e. The Kier molecular flexibility index (Phi) is 9.90. The normalized spacial score (nSPS) is 18.1. The Balaban J connectivity index is 1.33. The average molecular weight is 520 g/mol. The van der Waals surface area contributed by atoms with E-state index in [0.717, 1.165) is 50.9 Å². The van der Waals surface area contributed by atoms with Crippen LogP contribution in [0.15, 0.2) is 54.6 Å². The number of nitrogens with one attached hydrogen (secondary N) is 2. The van der Waals surface area contributed by atoms with Gasteiger partial charge in [-0.3, -0.25) is 19.3 Å². The standard InChI is InChI=1S/C30H41N5O3/c1-2-27(36)33-26(30(38)35-18-16-34(17-19-35)21-23-8-4-3-5-9-23)20-22-12-14-25(15-13-22)32-29(37)28(31)24-10-6-7-11-24/h3-5,8-9,12-15,24,26,28H,2,6-7,10-11,16-21,31H2,1H3,(H,32,37)(H,33,36)/t26-,28+/m1/s1. The highest BCUT2D eigenvalue weighted by molar-refractivity contribution is 5.95. The van der Waals surface area contributed by atoms with Crippen LogP contribution in [0.5, 0.6) is 0 Å². The van der Waals surface area contributed by atoms with Crippen molar-refractivity contribution in [2.24, 2.45) is 11.7 Å². The molecule has 1 saturated heterocycles. The van der Waals surface area contributed by atoms with Crippen molar-refractivity contribution in [1.82, 2.24) is 15.1 Å². The summed E-state index contributed by atoms with van der Waals surface area (Å²) in [4.78, 5) is 42.5. The quantitative estimate of drug-likeness (QED) is 0.447. The van der Waals surface area contributed by atoms with E-state index in [-0.39, 0.29) is 23.6 Å². The van der Waals surface area contributed by atoms with Gasteiger partial charge in [0.1, 0.15) is 6.04 Å². The van der Waals surface area contributed by atoms with Crippen molar-refractivity contribution in [2.75, 3.05) is 31.5 Å². The van der Waals surface area contributed by atoms with Gasteiger partial charge >= 0.3 is 0 Å². The molecule has 1 aliphatic heterocycles. The molecule has 1 aliphatic carbocycles. The highest BCUT2D eigenvalue weighted by Crippen LogP contribution is 2.27. The van der Waals surface area contributed by atoms with Crippen LogP contribution in [0, 0.1) is 5.92 Å². The van der Waals surface area contributed by atoms with Crippen LogP contribution in [0.4, 0.5) is 5.69 Å². The third kappa shape index (κ3) is 7.65. The molecule has 8 nitrogen and oxygen atoms in total. The van der Waals surface area contributed by atoms with Gasteiger partial charge in [0.2, 0.25) is 17.7 Å². The van der Waals surface area contributed by atoms with Gasteiger partial charge in [0, 0.05) is 51.3 Å². The number of hydrogen-bond donors (Lipinski definition) is 3. The van der Waals surface area contributed by atoms with E-state index >= 15 is 0 Å². The molecule has 2 fully saturated rings. The van der Waals surface area contributed by atoms with Gasteiger partial charge in [-0.15, -0.1) is 0 Å². The molecule has 1 saturated carbocycles. The van der Waals surface area contributed by atoms with E-state index in [2.05, 4.69) is 27.7 Å². The van der Waals surface area contributed by atoms with Crippen LogP contribution in [-0.2, 0) is 27.3 Å². The summed E-state index contributed by atoms with van der Waals surface area (Å²) < 4.78 is 0. The second-order valence-electron chi connectivity index (χ2n) is 10.5. The highest BCUT2D eigenvalue weighted by Gasteiger charge is 2.29. The minimum absolute atomic E-state index is 0.0499. The number of amides is 3. The number of hydrogen-bond acceptors (Lipinski definition) is 5. The van der Waals surface area contributed by atoms with Gasteiger partial charge in [0.05, 0.1) is 6.04 Å². The second-order valence-corrected chi connectivity index (χ2v) is 10.5. The summed E-state index contributed by atoms with van der Waals surface area (Å²) in [7, 11) is 0. The monoisotopic (exact) mass is 519 g/mol. The van der Waals surface area contributed by atoms with Crippen molar-refractivity contribution in [1.29, 1.82) is 0 Å². The summed E-state index contributed by atoms with van der Waals surface area (Å²) in [6.45, 7) is 5.52. The first kappa shape index (κ1) is 27.8. The summed E-state index contributed by atoms with van der Waals surface area (Å²) in [6.07, 6.45) is 5.00. The Morgan fingerprint density at radius 3 is 2.21 bits per heavy atom. The molecule has 204 valence electrons. The van der Waals surface area contributed by atoms with E-state index in [1.54, 1.807) is 6.92 Å². The van der Waals surface area contributed by atoms with Crippen LogP contribution < -0.4 is 16.4 Å². The maximum Gasteiger partial charge on any atom is 0.245 e. The van der Waals surface area contributed by atoms with Gasteiger partial charge in [-0.1, -0.05) is 62.2 Å². The van der Waals surface area contributed by atoms with Crippen molar-refractivity contribution in [2.45, 2.75) is 64.1 Å². The fourth-order valence-electron chi connectivity index (χ4n) is 5.40. The maximum atomic E-state index is 13.5. The van der Waals surface area contributed by atoms with Crippen molar-refractivity contribution in [3.63, 3.8) is 0 Å². The average Bonchev–Trinajstić information content (AvgIpc) is 3.49. The van der Waals surface area contributed by atoms with Crippen molar-refractivity contribution >= 4 is 23.4 Å². The molecule has 0 aromatic heterocycles. The smallest absolute Gasteiger partial charge is 0.245 e. The van der Waals surface area contributed by atoms with E-state index < -0.39 is 12.1 Å². The van der Waals surface area contributed by atoms with E-state index in [4.69, 9.17) is 5.73 Å². The molecule has 4 rings (SSSR count). The van der Waals surface area contributed by atoms with Gasteiger partial charge in [0.25, 0.3) is 0 Å². The molecule has 2 aliphatic rings. The number of benzene rings is 2. The van der Waals surface area contributed by atoms with E-state index in [1.165, 1.54) is 5.56 Å². The van der Waals surface area contributed by atoms with Gasteiger partial charge in [-0.05, 0) is 42.0 Å². The molecular formula is C30H41N5O3. The van der Waals surface area contributed by atoms with Gasteiger partial charge in [-0.25, -0.2) is 0 Å². The topological polar surface area (TPSA) is 108 Å². The number of nitrogens with two attached hydrogens (primary N) is 1. The number of anilines is 1. The number of piperazine rings is 1. The van der Waals surface area contributed by atoms with E-state index in [9.17, 15) is 14.4 Å². The number of carbonyl (C=O) groups is 3. The fourth-order valence-corrected chi connectivity index (χ4v) is 5.40. The Hall–Kier alpha value is -3.23. The number of nitrogens with zero attached hydrogens (tertiary/aromatic N) is 2. The summed E-state index contributed by atoms with van der Waals surface area (Å²) in [6, 6.07) is 16.7. The van der Waals surface area contributed by atoms with Gasteiger partial charge in [0.15, 0.2) is 0 Å². The lowest BCUT2D eigenvalue weighted by molar-refractivity contribution is -0.138. The molecule has 2 atom stereocenters. The van der Waals surface area contributed by atoms with E-state index in [1.807, 2.05) is 47.4 Å². The van der Waals surface area contributed by atoms with Crippen LogP contribution in [0.25, 0.3) is 0 Å². The Morgan fingerprint density at radius 1 is 0.921 bits per heavy atom. The number of carbonyl (C=O) groups excluding carboxylic acids is 3. The fraction of sp³-hybridized carbons (Fsp3) is 0.500. The van der Waals surface area contributed by atoms with Crippen LogP contribution in [0.3, 0.4) is 0 Å². The zero-order valence-electron chi connectivity index (χ0n) is 22.4. The minimum Gasteiger partial charge on any atom is -0.344 e. The van der Waals surface area contributed by atoms with Crippen molar-refractivity contribution < 1.29 is 14.4 Å². The van der Waals surface area contributed by atoms with Crippen LogP contribution in [-0.4, -0.2) is 65.8 Å². The zero-order valence-corrected chi connectivity index (χ0v) is 22.4. The molecule has 3 amide bonds. The highest BCUT2D eigenvalue weighted by atomic mass is 16.2. The zero-order chi connectivity index (χ0) is 26.9. The molecule has 0 unspecified atom stereocenters. The third-order valence-corrected chi connectivity index (χ3v) is 7.76. The molecule has 2 aromatic rings. The molecular weight excluding hydrogens is 478 g/mol. The molecule has 0 spiro atoms. The Morgan fingerprint density at radius 2 is 1.58 bits per heavy atom. The summed E-state index contributed by atoms with van der Waals surface area (Å²) in [5.74, 6) is -0.0929. The van der Waals surface area contributed by atoms with Gasteiger partial charge < -0.3 is 21.3 Å². The number of rotatable bonds is 10. The van der Waals surface area contributed by atoms with Crippen LogP contribution in [0.2, 0.25) is 0 Å². The minimum atomic E-state index is -0.626. The molecule has 1 heterocycles. The lowest BCUT2D eigenvalue weighted by atomic mass is 9.98. The van der Waals surface area contributed by atoms with Crippen molar-refractivity contribution in [3.8, 4) is 0 Å². The molecule has 0 radical (unpaired) electrons. The second kappa shape index (κ2) is 13.5. The first-order valence-electron chi connectivity index (χ1n) is 13.9. The lowest BCUT2D eigenvalue weighted by Gasteiger charge is -2.36. The van der Waals surface area contributed by atoms with Crippen LogP contribution >= 0.6 is 0 Å². The SMILES string of the molecule is CCC(=O)N[C@H](Cc1ccc(NC(=O)[C@@H](N)C2CCCC2)cc1)C(=O)N1CCN(Cc2ccccc2)CC1. The summed E-state index contributed by atoms with van der Waals surface area (Å²) in [5, 5.41) is 5.85. The predicted octanol–water partition coefficient (Wildman–Crippen LogP) is 2.92. The maximum absolute atomic E-state index is 13.5. The van der Waals surface area contributed by atoms with Gasteiger partial charge in [-0.2, -0.15) is 0 Å².